The third kappa shape index (κ3) is 1.09. The van der Waals surface area contributed by atoms with E-state index < -0.39 is 66.8 Å². The number of hydrogen-bond acceptors (Lipinski definition) is 0. The third-order valence-electron chi connectivity index (χ3n) is 3.38. The summed E-state index contributed by atoms with van der Waals surface area (Å²) in [4.78, 5) is 0. The molecule has 88 valence electrons. The zero-order valence-electron chi connectivity index (χ0n) is 21.5. The molecule has 1 aliphatic carbocycles. The molecule has 0 spiro atoms. The van der Waals surface area contributed by atoms with Crippen LogP contribution in [0.25, 0.3) is 32.3 Å². The van der Waals surface area contributed by atoms with Gasteiger partial charge in [0.1, 0.15) is 0 Å². The predicted molar refractivity (Wildman–Crippen MR) is 81.8 cm³/mol. The van der Waals surface area contributed by atoms with Crippen LogP contribution in [0.5, 0.6) is 0 Å². The fourth-order valence-corrected chi connectivity index (χ4v) is 2.59. The molecule has 0 bridgehead atoms. The molecule has 19 heavy (non-hydrogen) atoms. The van der Waals surface area contributed by atoms with Crippen LogP contribution in [0.15, 0.2) is 60.4 Å². The number of hydrogen-bond donors (Lipinski definition) is 0. The van der Waals surface area contributed by atoms with E-state index in [9.17, 15) is 0 Å². The van der Waals surface area contributed by atoms with Crippen molar-refractivity contribution in [3.63, 3.8) is 0 Å². The Balaban J connectivity index is 2.31. The van der Waals surface area contributed by atoms with Crippen molar-refractivity contribution in [3.8, 4) is 0 Å². The van der Waals surface area contributed by atoms with Crippen LogP contribution in [0.3, 0.4) is 0 Å². The van der Waals surface area contributed by atoms with Gasteiger partial charge in [-0.25, -0.2) is 0 Å². The normalized spacial score (nSPS) is 24.6. The highest BCUT2D eigenvalue weighted by molar-refractivity contribution is 6.21. The minimum Gasteiger partial charge on any atom is -0.0616 e. The fraction of sp³-hybridized carbons (Fsp3) is 0.0526. The Kier molecular flexibility index (Phi) is 0.636. The molecule has 0 nitrogen and oxygen atoms in total. The summed E-state index contributed by atoms with van der Waals surface area (Å²) < 4.78 is 100. The minimum absolute atomic E-state index is 0.000491. The van der Waals surface area contributed by atoms with E-state index in [2.05, 4.69) is 0 Å². The Morgan fingerprint density at radius 2 is 1.63 bits per heavy atom. The number of benzene rings is 4. The van der Waals surface area contributed by atoms with Crippen molar-refractivity contribution in [1.29, 1.82) is 0 Å². The first kappa shape index (κ1) is 3.83. The van der Waals surface area contributed by atoms with Crippen LogP contribution in [0.4, 0.5) is 0 Å². The second-order valence-electron chi connectivity index (χ2n) is 4.38. The molecule has 0 aliphatic heterocycles. The molecule has 4 aromatic rings. The SMILES string of the molecule is [2H]c1c([2H])c([2H])c2c(c1[2H])c([2H])c1c3c4c(c([2H])c([2H])c([2H])c4c([2H])c([2H])c23)C1([2H])[2H]. The Labute approximate surface area is 128 Å². The van der Waals surface area contributed by atoms with Crippen molar-refractivity contribution in [3.05, 3.63) is 71.6 Å². The van der Waals surface area contributed by atoms with Crippen molar-refractivity contribution in [2.24, 2.45) is 0 Å². The van der Waals surface area contributed by atoms with Crippen LogP contribution < -0.4 is 0 Å². The first-order chi connectivity index (χ1) is 14.4. The van der Waals surface area contributed by atoms with Crippen LogP contribution in [-0.4, -0.2) is 0 Å². The van der Waals surface area contributed by atoms with E-state index in [4.69, 9.17) is 16.4 Å². The largest absolute Gasteiger partial charge is 0.0633 e. The lowest BCUT2D eigenvalue weighted by atomic mass is 9.97. The summed E-state index contributed by atoms with van der Waals surface area (Å²) in [6.07, 6.45) is -2.48. The van der Waals surface area contributed by atoms with Gasteiger partial charge in [-0.15, -0.1) is 0 Å². The summed E-state index contributed by atoms with van der Waals surface area (Å²) in [5, 5.41) is -0.710. The first-order valence-electron chi connectivity index (χ1n) is 11.8. The van der Waals surface area contributed by atoms with E-state index >= 15 is 0 Å². The summed E-state index contributed by atoms with van der Waals surface area (Å²) in [6, 6.07) is -5.34. The molecule has 1 aliphatic rings. The average molecular weight is 252 g/mol. The van der Waals surface area contributed by atoms with Crippen LogP contribution in [0.2, 0.25) is 0 Å². The lowest BCUT2D eigenvalue weighted by Gasteiger charge is -2.07. The van der Waals surface area contributed by atoms with Crippen LogP contribution >= 0.6 is 0 Å². The van der Waals surface area contributed by atoms with Gasteiger partial charge in [-0.05, 0) is 49.8 Å². The van der Waals surface area contributed by atoms with Crippen molar-refractivity contribution >= 4 is 32.3 Å². The van der Waals surface area contributed by atoms with E-state index in [0.29, 0.717) is 0 Å². The maximum absolute atomic E-state index is 8.70. The summed E-state index contributed by atoms with van der Waals surface area (Å²) in [5.41, 5.74) is -0.553. The average Bonchev–Trinajstić information content (AvgIpc) is 2.95. The van der Waals surface area contributed by atoms with Gasteiger partial charge in [-0.1, -0.05) is 60.4 Å². The Morgan fingerprint density at radius 1 is 0.737 bits per heavy atom. The first-order valence-corrected chi connectivity index (χ1v) is 5.75. The molecular formula is C19H12. The van der Waals surface area contributed by atoms with Gasteiger partial charge in [0.2, 0.25) is 0 Å². The molecule has 0 heterocycles. The Hall–Kier alpha value is -2.34. The molecule has 5 rings (SSSR count). The van der Waals surface area contributed by atoms with Gasteiger partial charge in [0.15, 0.2) is 0 Å². The fourth-order valence-electron chi connectivity index (χ4n) is 2.59. The molecule has 0 saturated carbocycles. The topological polar surface area (TPSA) is 0 Å². The molecule has 0 fully saturated rings. The van der Waals surface area contributed by atoms with E-state index in [1.807, 2.05) is 0 Å². The maximum atomic E-state index is 8.70. The van der Waals surface area contributed by atoms with Gasteiger partial charge >= 0.3 is 0 Å². The molecule has 0 aromatic heterocycles. The lowest BCUT2D eigenvalue weighted by Crippen LogP contribution is -1.82. The van der Waals surface area contributed by atoms with E-state index in [0.717, 1.165) is 0 Å². The number of fused-ring (bicyclic) bond motifs is 2. The van der Waals surface area contributed by atoms with Crippen molar-refractivity contribution in [2.75, 3.05) is 0 Å². The second-order valence-corrected chi connectivity index (χ2v) is 4.38. The molecule has 0 radical (unpaired) electrons. The monoisotopic (exact) mass is 252 g/mol. The van der Waals surface area contributed by atoms with E-state index in [-0.39, 0.29) is 43.4 Å². The van der Waals surface area contributed by atoms with Gasteiger partial charge in [0, 0.05) is 2.74 Å². The predicted octanol–water partition coefficient (Wildman–Crippen LogP) is 5.05. The lowest BCUT2D eigenvalue weighted by molar-refractivity contribution is 1.28. The summed E-state index contributed by atoms with van der Waals surface area (Å²) in [7, 11) is 0. The van der Waals surface area contributed by atoms with Crippen molar-refractivity contribution in [1.82, 2.24) is 0 Å². The molecule has 4 aromatic carbocycles. The zero-order chi connectivity index (χ0) is 22.9. The zero-order valence-corrected chi connectivity index (χ0v) is 9.50. The minimum atomic E-state index is -2.48. The summed E-state index contributed by atoms with van der Waals surface area (Å²) in [5.74, 6) is 0. The van der Waals surface area contributed by atoms with Gasteiger partial charge in [-0.2, -0.15) is 0 Å². The van der Waals surface area contributed by atoms with E-state index in [1.165, 1.54) is 0 Å². The smallest absolute Gasteiger partial charge is 0.0616 e. The van der Waals surface area contributed by atoms with Crippen molar-refractivity contribution < 1.29 is 16.4 Å². The molecule has 0 saturated heterocycles. The van der Waals surface area contributed by atoms with Gasteiger partial charge in [0.05, 0.1) is 13.7 Å². The molecule has 0 N–H and O–H groups in total. The summed E-state index contributed by atoms with van der Waals surface area (Å²) in [6.45, 7) is 0. The highest BCUT2D eigenvalue weighted by Crippen LogP contribution is 2.41. The Morgan fingerprint density at radius 3 is 2.63 bits per heavy atom. The van der Waals surface area contributed by atoms with Crippen LogP contribution in [0.1, 0.15) is 27.6 Å². The van der Waals surface area contributed by atoms with Crippen LogP contribution in [-0.2, 0) is 6.37 Å². The Bertz CT molecular complexity index is 1550. The van der Waals surface area contributed by atoms with Gasteiger partial charge < -0.3 is 0 Å². The van der Waals surface area contributed by atoms with Crippen LogP contribution in [0, 0.1) is 0 Å². The van der Waals surface area contributed by atoms with E-state index in [1.54, 1.807) is 0 Å². The molecule has 0 amide bonds. The molecule has 0 atom stereocenters. The molecular weight excluding hydrogens is 228 g/mol. The summed E-state index contributed by atoms with van der Waals surface area (Å²) >= 11 is 0. The van der Waals surface area contributed by atoms with Crippen molar-refractivity contribution in [2.45, 2.75) is 6.37 Å². The highest BCUT2D eigenvalue weighted by Gasteiger charge is 2.18. The third-order valence-corrected chi connectivity index (χ3v) is 3.38. The highest BCUT2D eigenvalue weighted by atomic mass is 14.2. The maximum Gasteiger partial charge on any atom is 0.0633 e. The van der Waals surface area contributed by atoms with Gasteiger partial charge in [0.25, 0.3) is 0 Å². The standard InChI is InChI=1S/C19H12/c1-2-7-16-13(4-1)10-15-11-14-6-3-5-12-8-9-17(16)19(15)18(12)14/h1-10H,11H2/i1D,2D,3D,4D,5D,6D,7D,8D,9D,10D,11D2. The quantitative estimate of drug-likeness (QED) is 0.384. The molecule has 0 unspecified atom stereocenters. The second kappa shape index (κ2) is 3.16. The number of rotatable bonds is 0. The molecule has 0 heteroatoms. The van der Waals surface area contributed by atoms with Gasteiger partial charge in [-0.3, -0.25) is 0 Å².